The van der Waals surface area contributed by atoms with Crippen molar-refractivity contribution in [3.8, 4) is 5.69 Å². The summed E-state index contributed by atoms with van der Waals surface area (Å²) < 4.78 is 30.7. The van der Waals surface area contributed by atoms with Crippen molar-refractivity contribution in [3.05, 3.63) is 105 Å². The Kier molecular flexibility index (Phi) is 11.6. The van der Waals surface area contributed by atoms with Crippen molar-refractivity contribution in [2.45, 2.75) is 77.7 Å². The molecule has 3 amide bonds. The van der Waals surface area contributed by atoms with E-state index < -0.39 is 15.9 Å². The molecule has 0 fully saturated rings. The van der Waals surface area contributed by atoms with E-state index >= 15 is 0 Å². The molecule has 2 aliphatic heterocycles. The van der Waals surface area contributed by atoms with E-state index in [1.165, 1.54) is 22.9 Å². The lowest BCUT2D eigenvalue weighted by molar-refractivity contribution is 0.0732. The molecule has 3 aromatic carbocycles. The molecule has 11 nitrogen and oxygen atoms in total. The number of amides is 3. The highest BCUT2D eigenvalue weighted by molar-refractivity contribution is 7.90. The fourth-order valence-corrected chi connectivity index (χ4v) is 8.24. The lowest BCUT2D eigenvalue weighted by Crippen LogP contribution is -2.37. The minimum absolute atomic E-state index is 0.0178. The number of halogens is 1. The predicted molar refractivity (Wildman–Crippen MR) is 207 cm³/mol. The van der Waals surface area contributed by atoms with Crippen LogP contribution in [0.15, 0.2) is 65.6 Å². The number of likely N-dealkylation sites (N-methyl/N-ethyl adjacent to an activating group) is 1. The van der Waals surface area contributed by atoms with Crippen LogP contribution in [0, 0.1) is 6.92 Å². The number of carbonyl (C=O) groups is 3. The van der Waals surface area contributed by atoms with Crippen LogP contribution < -0.4 is 9.62 Å². The van der Waals surface area contributed by atoms with Gasteiger partial charge in [0.1, 0.15) is 0 Å². The van der Waals surface area contributed by atoms with E-state index in [2.05, 4.69) is 28.6 Å². The van der Waals surface area contributed by atoms with Gasteiger partial charge in [-0.1, -0.05) is 68.6 Å². The molecule has 53 heavy (non-hydrogen) atoms. The molecule has 0 saturated carbocycles. The zero-order valence-electron chi connectivity index (χ0n) is 30.8. The normalized spacial score (nSPS) is 13.8. The van der Waals surface area contributed by atoms with Crippen molar-refractivity contribution in [2.24, 2.45) is 0 Å². The van der Waals surface area contributed by atoms with Gasteiger partial charge in [-0.05, 0) is 86.6 Å². The number of nitrogens with one attached hydrogen (secondary N) is 1. The van der Waals surface area contributed by atoms with Gasteiger partial charge in [-0.3, -0.25) is 14.4 Å². The quantitative estimate of drug-likeness (QED) is 0.164. The van der Waals surface area contributed by atoms with Crippen LogP contribution in [-0.2, 0) is 29.4 Å². The highest BCUT2D eigenvalue weighted by Crippen LogP contribution is 2.31. The maximum absolute atomic E-state index is 14.5. The van der Waals surface area contributed by atoms with Gasteiger partial charge in [0.15, 0.2) is 5.69 Å². The lowest BCUT2D eigenvalue weighted by atomic mass is 9.98. The van der Waals surface area contributed by atoms with Crippen molar-refractivity contribution in [1.29, 1.82) is 0 Å². The van der Waals surface area contributed by atoms with E-state index in [4.69, 9.17) is 11.6 Å². The summed E-state index contributed by atoms with van der Waals surface area (Å²) in [4.78, 5) is 47.5. The first kappa shape index (κ1) is 38.1. The van der Waals surface area contributed by atoms with Crippen molar-refractivity contribution >= 4 is 45.0 Å². The second kappa shape index (κ2) is 16.1. The van der Waals surface area contributed by atoms with Crippen LogP contribution in [0.5, 0.6) is 0 Å². The van der Waals surface area contributed by atoms with E-state index in [0.29, 0.717) is 44.0 Å². The summed E-state index contributed by atoms with van der Waals surface area (Å²) in [6.07, 6.45) is 5.02. The predicted octanol–water partition coefficient (Wildman–Crippen LogP) is 6.58. The molecule has 3 heterocycles. The molecule has 6 rings (SSSR count). The summed E-state index contributed by atoms with van der Waals surface area (Å²) in [5, 5.41) is 4.86. The summed E-state index contributed by atoms with van der Waals surface area (Å²) >= 11 is 6.81. The van der Waals surface area contributed by atoms with E-state index in [-0.39, 0.29) is 38.6 Å². The van der Waals surface area contributed by atoms with Gasteiger partial charge in [-0.15, -0.1) is 0 Å². The number of unbranched alkanes of at least 4 members (excludes halogenated alkanes) is 2. The zero-order valence-corrected chi connectivity index (χ0v) is 32.4. The van der Waals surface area contributed by atoms with E-state index in [0.717, 1.165) is 67.6 Å². The number of sulfonamides is 1. The van der Waals surface area contributed by atoms with Crippen LogP contribution in [0.25, 0.3) is 5.69 Å². The highest BCUT2D eigenvalue weighted by Gasteiger charge is 2.30. The average molecular weight is 759 g/mol. The topological polar surface area (TPSA) is 125 Å². The van der Waals surface area contributed by atoms with Gasteiger partial charge in [0.25, 0.3) is 27.7 Å². The summed E-state index contributed by atoms with van der Waals surface area (Å²) in [7, 11) is -4.25. The van der Waals surface area contributed by atoms with Crippen LogP contribution >= 0.6 is 11.6 Å². The van der Waals surface area contributed by atoms with Crippen LogP contribution in [0.2, 0.25) is 5.02 Å². The molecule has 1 aromatic heterocycles. The number of anilines is 1. The number of carbonyl (C=O) groups excluding carboxylic acids is 3. The Morgan fingerprint density at radius 3 is 2.26 bits per heavy atom. The molecule has 4 aromatic rings. The smallest absolute Gasteiger partial charge is 0.275 e. The third kappa shape index (κ3) is 7.84. The molecule has 0 radical (unpaired) electrons. The van der Waals surface area contributed by atoms with Crippen molar-refractivity contribution in [1.82, 2.24) is 24.3 Å². The maximum atomic E-state index is 14.5. The Morgan fingerprint density at radius 2 is 1.57 bits per heavy atom. The van der Waals surface area contributed by atoms with E-state index in [1.807, 2.05) is 31.2 Å². The number of nitrogens with zero attached hydrogens (tertiary/aromatic N) is 5. The molecular weight excluding hydrogens is 712 g/mol. The van der Waals surface area contributed by atoms with Gasteiger partial charge in [0.2, 0.25) is 0 Å². The van der Waals surface area contributed by atoms with Crippen molar-refractivity contribution < 1.29 is 22.8 Å². The Hall–Kier alpha value is -4.68. The molecule has 0 atom stereocenters. The maximum Gasteiger partial charge on any atom is 0.275 e. The third-order valence-electron chi connectivity index (χ3n) is 10.2. The van der Waals surface area contributed by atoms with E-state index in [9.17, 15) is 22.8 Å². The van der Waals surface area contributed by atoms with Crippen LogP contribution in [-0.4, -0.2) is 78.4 Å². The molecule has 0 saturated heterocycles. The number of rotatable bonds is 13. The Morgan fingerprint density at radius 1 is 0.868 bits per heavy atom. The molecular formula is C40H47ClN6O5S. The number of aromatic nitrogens is 2. The lowest BCUT2D eigenvalue weighted by Gasteiger charge is -2.29. The van der Waals surface area contributed by atoms with Gasteiger partial charge in [-0.2, -0.15) is 5.10 Å². The summed E-state index contributed by atoms with van der Waals surface area (Å²) in [6, 6.07) is 17.2. The minimum atomic E-state index is -4.25. The van der Waals surface area contributed by atoms with Crippen LogP contribution in [0.4, 0.5) is 5.69 Å². The Bertz CT molecular complexity index is 2140. The minimum Gasteiger partial charge on any atom is -0.371 e. The van der Waals surface area contributed by atoms with Gasteiger partial charge in [-0.25, -0.2) is 17.8 Å². The Balaban J connectivity index is 1.37. The van der Waals surface area contributed by atoms with Crippen LogP contribution in [0.1, 0.15) is 100 Å². The van der Waals surface area contributed by atoms with Crippen LogP contribution in [0.3, 0.4) is 0 Å². The fourth-order valence-electron chi connectivity index (χ4n) is 7.05. The fraction of sp³-hybridized carbons (Fsp3) is 0.400. The SMILES string of the molecule is CCCCN(CCCC)C(=O)c1nn(-c2ccc(C(=O)NS(=O)(=O)c3ccc4c(c3)N(CC)CC4)cc2C(=O)N2CCc3ccccc3C2)c(C)c1Cl. The first-order chi connectivity index (χ1) is 25.5. The summed E-state index contributed by atoms with van der Waals surface area (Å²) in [5.41, 5.74) is 5.05. The van der Waals surface area contributed by atoms with Crippen molar-refractivity contribution in [2.75, 3.05) is 37.6 Å². The molecule has 0 unspecified atom stereocenters. The number of hydrogen-bond acceptors (Lipinski definition) is 7. The monoisotopic (exact) mass is 758 g/mol. The number of benzene rings is 3. The summed E-state index contributed by atoms with van der Waals surface area (Å²) in [6.45, 7) is 11.4. The molecule has 0 bridgehead atoms. The molecule has 0 spiro atoms. The molecule has 280 valence electrons. The molecule has 1 N–H and O–H groups in total. The second-order valence-corrected chi connectivity index (χ2v) is 15.8. The number of hydrogen-bond donors (Lipinski definition) is 1. The summed E-state index contributed by atoms with van der Waals surface area (Å²) in [5.74, 6) is -1.53. The Labute approximate surface area is 317 Å². The number of fused-ring (bicyclic) bond motifs is 2. The first-order valence-corrected chi connectivity index (χ1v) is 20.3. The molecule has 2 aliphatic rings. The second-order valence-electron chi connectivity index (χ2n) is 13.7. The average Bonchev–Trinajstić information content (AvgIpc) is 3.72. The first-order valence-electron chi connectivity index (χ1n) is 18.5. The van der Waals surface area contributed by atoms with Crippen molar-refractivity contribution in [3.63, 3.8) is 0 Å². The van der Waals surface area contributed by atoms with Gasteiger partial charge in [0.05, 0.1) is 26.9 Å². The highest BCUT2D eigenvalue weighted by atomic mass is 35.5. The zero-order chi connectivity index (χ0) is 37.9. The van der Waals surface area contributed by atoms with Gasteiger partial charge >= 0.3 is 0 Å². The molecule has 13 heteroatoms. The van der Waals surface area contributed by atoms with Gasteiger partial charge < -0.3 is 14.7 Å². The van der Waals surface area contributed by atoms with Gasteiger partial charge in [0, 0.05) is 50.5 Å². The largest absolute Gasteiger partial charge is 0.371 e. The standard InChI is InChI=1S/C40H47ClN6O5S/c1-5-8-20-45(21-9-6-2)40(50)37-36(41)27(4)47(42-37)34-17-15-30(24-33(34)39(49)46-23-18-28-12-10-11-13-31(28)26-46)38(48)43-53(51,52)32-16-14-29-19-22-44(7-3)35(29)25-32/h10-17,24-25H,5-9,18-23,26H2,1-4H3,(H,43,48). The third-order valence-corrected chi connectivity index (χ3v) is 12.0. The van der Waals surface area contributed by atoms with E-state index in [1.54, 1.807) is 34.9 Å². The molecule has 0 aliphatic carbocycles.